The molecule has 0 radical (unpaired) electrons. The van der Waals surface area contributed by atoms with E-state index in [1.54, 1.807) is 0 Å². The second-order valence-electron chi connectivity index (χ2n) is 3.11. The van der Waals surface area contributed by atoms with Gasteiger partial charge >= 0.3 is 0 Å². The number of hydrogen-bond donors (Lipinski definition) is 0. The number of ether oxygens (including phenoxy) is 1. The third-order valence-corrected chi connectivity index (χ3v) is 2.32. The summed E-state index contributed by atoms with van der Waals surface area (Å²) in [5, 5.41) is 0.0841. The fourth-order valence-corrected chi connectivity index (χ4v) is 1.29. The van der Waals surface area contributed by atoms with Crippen LogP contribution in [-0.2, 0) is 6.54 Å². The molecule has 0 atom stereocenters. The zero-order chi connectivity index (χ0) is 11.4. The summed E-state index contributed by atoms with van der Waals surface area (Å²) in [5.41, 5.74) is 0.662. The number of allylic oxidation sites excluding steroid dienone is 1. The fourth-order valence-electron chi connectivity index (χ4n) is 1.09. The third kappa shape index (κ3) is 2.59. The monoisotopic (exact) mass is 228 g/mol. The van der Waals surface area contributed by atoms with Crippen molar-refractivity contribution < 1.29 is 4.74 Å². The van der Waals surface area contributed by atoms with E-state index in [4.69, 9.17) is 16.3 Å². The maximum absolute atomic E-state index is 11.7. The molecule has 0 saturated carbocycles. The molecule has 0 amide bonds. The SMILES string of the molecule is C=C(CC)Cn1cnc(Cl)c(OC)c1=O. The van der Waals surface area contributed by atoms with Crippen molar-refractivity contribution in [2.45, 2.75) is 19.9 Å². The van der Waals surface area contributed by atoms with Gasteiger partial charge in [0, 0.05) is 6.54 Å². The van der Waals surface area contributed by atoms with E-state index in [0.717, 1.165) is 12.0 Å². The van der Waals surface area contributed by atoms with Crippen LogP contribution in [0.1, 0.15) is 13.3 Å². The maximum atomic E-state index is 11.7. The van der Waals surface area contributed by atoms with Gasteiger partial charge in [0.2, 0.25) is 5.75 Å². The summed E-state index contributed by atoms with van der Waals surface area (Å²) >= 11 is 5.70. The summed E-state index contributed by atoms with van der Waals surface area (Å²) in [4.78, 5) is 15.6. The van der Waals surface area contributed by atoms with E-state index in [2.05, 4.69) is 11.6 Å². The first-order chi connectivity index (χ1) is 7.10. The van der Waals surface area contributed by atoms with Crippen LogP contribution in [0.5, 0.6) is 5.75 Å². The predicted octanol–water partition coefficient (Wildman–Crippen LogP) is 1.87. The third-order valence-electron chi connectivity index (χ3n) is 2.05. The quantitative estimate of drug-likeness (QED) is 0.584. The molecule has 0 saturated heterocycles. The predicted molar refractivity (Wildman–Crippen MR) is 59.5 cm³/mol. The molecule has 0 fully saturated rings. The van der Waals surface area contributed by atoms with Crippen LogP contribution in [-0.4, -0.2) is 16.7 Å². The Morgan fingerprint density at radius 2 is 2.40 bits per heavy atom. The van der Waals surface area contributed by atoms with Gasteiger partial charge in [0.15, 0.2) is 5.15 Å². The van der Waals surface area contributed by atoms with Gasteiger partial charge in [-0.05, 0) is 6.42 Å². The Morgan fingerprint density at radius 1 is 1.73 bits per heavy atom. The standard InChI is InChI=1S/C10H13ClN2O2/c1-4-7(2)5-13-6-12-9(11)8(15-3)10(13)14/h6H,2,4-5H2,1,3H3. The summed E-state index contributed by atoms with van der Waals surface area (Å²) < 4.78 is 6.30. The lowest BCUT2D eigenvalue weighted by Gasteiger charge is -2.08. The van der Waals surface area contributed by atoms with Crippen LogP contribution in [0.25, 0.3) is 0 Å². The number of methoxy groups -OCH3 is 1. The topological polar surface area (TPSA) is 44.1 Å². The van der Waals surface area contributed by atoms with Crippen LogP contribution in [0.3, 0.4) is 0 Å². The molecular formula is C10H13ClN2O2. The second kappa shape index (κ2) is 4.98. The highest BCUT2D eigenvalue weighted by molar-refractivity contribution is 6.30. The number of nitrogens with zero attached hydrogens (tertiary/aromatic N) is 2. The highest BCUT2D eigenvalue weighted by atomic mass is 35.5. The van der Waals surface area contributed by atoms with E-state index in [-0.39, 0.29) is 16.5 Å². The molecule has 1 aromatic heterocycles. The Hall–Kier alpha value is -1.29. The van der Waals surface area contributed by atoms with Crippen LogP contribution in [0.15, 0.2) is 23.3 Å². The molecule has 0 bridgehead atoms. The first-order valence-corrected chi connectivity index (χ1v) is 4.93. The van der Waals surface area contributed by atoms with Crippen molar-refractivity contribution in [1.29, 1.82) is 0 Å². The Morgan fingerprint density at radius 3 is 2.93 bits per heavy atom. The number of rotatable bonds is 4. The molecule has 1 rings (SSSR count). The molecule has 0 spiro atoms. The van der Waals surface area contributed by atoms with Gasteiger partial charge in [0.1, 0.15) is 0 Å². The largest absolute Gasteiger partial charge is 0.489 e. The maximum Gasteiger partial charge on any atom is 0.297 e. The van der Waals surface area contributed by atoms with Crippen molar-refractivity contribution >= 4 is 11.6 Å². The molecule has 0 aliphatic carbocycles. The molecule has 0 aliphatic rings. The molecule has 1 heterocycles. The minimum absolute atomic E-state index is 0.0723. The van der Waals surface area contributed by atoms with Crippen LogP contribution in [0, 0.1) is 0 Å². The highest BCUT2D eigenvalue weighted by Gasteiger charge is 2.10. The lowest BCUT2D eigenvalue weighted by Crippen LogP contribution is -2.22. The van der Waals surface area contributed by atoms with E-state index < -0.39 is 0 Å². The van der Waals surface area contributed by atoms with E-state index >= 15 is 0 Å². The summed E-state index contributed by atoms with van der Waals surface area (Å²) in [6.45, 7) is 6.25. The Bertz CT molecular complexity index is 426. The van der Waals surface area contributed by atoms with Crippen LogP contribution in [0.4, 0.5) is 0 Å². The molecule has 0 aromatic carbocycles. The fraction of sp³-hybridized carbons (Fsp3) is 0.400. The summed E-state index contributed by atoms with van der Waals surface area (Å²) in [7, 11) is 1.39. The molecule has 0 aliphatic heterocycles. The average molecular weight is 229 g/mol. The van der Waals surface area contributed by atoms with Gasteiger partial charge in [-0.1, -0.05) is 30.7 Å². The number of halogens is 1. The highest BCUT2D eigenvalue weighted by Crippen LogP contribution is 2.15. The smallest absolute Gasteiger partial charge is 0.297 e. The van der Waals surface area contributed by atoms with E-state index in [1.165, 1.54) is 18.0 Å². The van der Waals surface area contributed by atoms with Gasteiger partial charge in [-0.2, -0.15) is 0 Å². The van der Waals surface area contributed by atoms with Gasteiger partial charge < -0.3 is 4.74 Å². The molecular weight excluding hydrogens is 216 g/mol. The number of aromatic nitrogens is 2. The van der Waals surface area contributed by atoms with Gasteiger partial charge in [-0.25, -0.2) is 4.98 Å². The lowest BCUT2D eigenvalue weighted by atomic mass is 10.2. The van der Waals surface area contributed by atoms with E-state index in [0.29, 0.717) is 6.54 Å². The van der Waals surface area contributed by atoms with Crippen molar-refractivity contribution in [1.82, 2.24) is 9.55 Å². The summed E-state index contributed by atoms with van der Waals surface area (Å²) in [5.74, 6) is 0.0723. The summed E-state index contributed by atoms with van der Waals surface area (Å²) in [6.07, 6.45) is 2.21. The zero-order valence-corrected chi connectivity index (χ0v) is 9.54. The lowest BCUT2D eigenvalue weighted by molar-refractivity contribution is 0.400. The van der Waals surface area contributed by atoms with E-state index in [9.17, 15) is 4.79 Å². The molecule has 0 unspecified atom stereocenters. The minimum atomic E-state index is -0.285. The second-order valence-corrected chi connectivity index (χ2v) is 3.46. The normalized spacial score (nSPS) is 10.1. The van der Waals surface area contributed by atoms with Crippen molar-refractivity contribution in [3.63, 3.8) is 0 Å². The van der Waals surface area contributed by atoms with Crippen LogP contribution >= 0.6 is 11.6 Å². The molecule has 5 heteroatoms. The van der Waals surface area contributed by atoms with E-state index in [1.807, 2.05) is 6.92 Å². The molecule has 1 aromatic rings. The Balaban J connectivity index is 3.11. The Kier molecular flexibility index (Phi) is 3.91. The molecule has 4 nitrogen and oxygen atoms in total. The van der Waals surface area contributed by atoms with Gasteiger partial charge in [-0.3, -0.25) is 9.36 Å². The summed E-state index contributed by atoms with van der Waals surface area (Å²) in [6, 6.07) is 0. The minimum Gasteiger partial charge on any atom is -0.489 e. The van der Waals surface area contributed by atoms with Crippen LogP contribution in [0.2, 0.25) is 5.15 Å². The van der Waals surface area contributed by atoms with Gasteiger partial charge in [-0.15, -0.1) is 0 Å². The van der Waals surface area contributed by atoms with Crippen LogP contribution < -0.4 is 10.3 Å². The van der Waals surface area contributed by atoms with Crippen molar-refractivity contribution in [3.8, 4) is 5.75 Å². The van der Waals surface area contributed by atoms with Crippen molar-refractivity contribution in [2.75, 3.05) is 7.11 Å². The molecule has 82 valence electrons. The average Bonchev–Trinajstić information content (AvgIpc) is 2.23. The number of hydrogen-bond acceptors (Lipinski definition) is 3. The molecule has 15 heavy (non-hydrogen) atoms. The Labute approximate surface area is 93.2 Å². The first-order valence-electron chi connectivity index (χ1n) is 4.55. The zero-order valence-electron chi connectivity index (χ0n) is 8.79. The molecule has 0 N–H and O–H groups in total. The van der Waals surface area contributed by atoms with Crippen molar-refractivity contribution in [2.24, 2.45) is 0 Å². The van der Waals surface area contributed by atoms with Gasteiger partial charge in [0.25, 0.3) is 5.56 Å². The van der Waals surface area contributed by atoms with Crippen molar-refractivity contribution in [3.05, 3.63) is 34.0 Å². The first kappa shape index (κ1) is 11.8. The van der Waals surface area contributed by atoms with Gasteiger partial charge in [0.05, 0.1) is 13.4 Å².